The molecule has 0 saturated heterocycles. The van der Waals surface area contributed by atoms with Gasteiger partial charge < -0.3 is 9.90 Å². The number of carboxylic acid groups (broad SMARTS) is 1. The maximum absolute atomic E-state index is 9.91. The normalized spacial score (nSPS) is 20.0. The Hall–Kier alpha value is -0.677. The van der Waals surface area contributed by atoms with Crippen molar-refractivity contribution in [1.29, 1.82) is 5.26 Å². The van der Waals surface area contributed by atoms with Gasteiger partial charge in [0.15, 0.2) is 0 Å². The van der Waals surface area contributed by atoms with Crippen molar-refractivity contribution in [2.24, 2.45) is 5.41 Å². The van der Waals surface area contributed by atoms with Gasteiger partial charge in [0.25, 0.3) is 0 Å². The topological polar surface area (TPSA) is 63.9 Å². The summed E-state index contributed by atoms with van der Waals surface area (Å²) in [5, 5.41) is 18.5. The Morgan fingerprint density at radius 3 is 2.38 bits per heavy atom. The fourth-order valence-corrected chi connectivity index (χ4v) is 2.23. The molecule has 4 heteroatoms. The van der Waals surface area contributed by atoms with Gasteiger partial charge in [0.2, 0.25) is 0 Å². The molecule has 0 heterocycles. The monoisotopic (exact) mass is 271 g/mol. The van der Waals surface area contributed by atoms with Crippen molar-refractivity contribution in [3.63, 3.8) is 0 Å². The van der Waals surface area contributed by atoms with Crippen molar-refractivity contribution in [2.75, 3.05) is 0 Å². The van der Waals surface area contributed by atoms with Crippen molar-refractivity contribution < 1.29 is 28.2 Å². The molecule has 1 rings (SSSR count). The van der Waals surface area contributed by atoms with Gasteiger partial charge >= 0.3 is 65.1 Å². The minimum atomic E-state index is -1.01. The third-order valence-electron chi connectivity index (χ3n) is 2.30. The standard InChI is InChI=1S/C7H8N.C5H10O2.Zn/c8-6-7-4-2-1-3-5-7;1-5(2,3)4(6)7;/h4-5H,1-3H2;1-3H3,(H,6,7);/q;;+1/p-1. The van der Waals surface area contributed by atoms with E-state index in [1.807, 2.05) is 0 Å². The van der Waals surface area contributed by atoms with Crippen molar-refractivity contribution in [3.05, 3.63) is 11.6 Å². The molecule has 16 heavy (non-hydrogen) atoms. The molecule has 0 bridgehead atoms. The van der Waals surface area contributed by atoms with Crippen molar-refractivity contribution in [1.82, 2.24) is 0 Å². The number of hydrogen-bond donors (Lipinski definition) is 0. The third-order valence-corrected chi connectivity index (χ3v) is 4.08. The van der Waals surface area contributed by atoms with Gasteiger partial charge in [-0.25, -0.2) is 0 Å². The Morgan fingerprint density at radius 2 is 2.12 bits per heavy atom. The van der Waals surface area contributed by atoms with E-state index in [4.69, 9.17) is 5.26 Å². The average molecular weight is 273 g/mol. The minimum absolute atomic E-state index is 0.642. The van der Waals surface area contributed by atoms with Crippen molar-refractivity contribution >= 4 is 5.97 Å². The summed E-state index contributed by atoms with van der Waals surface area (Å²) in [6.45, 7) is 4.80. The zero-order chi connectivity index (χ0) is 12.8. The number of aliphatic carboxylic acids is 1. The van der Waals surface area contributed by atoms with Crippen molar-refractivity contribution in [3.8, 4) is 6.07 Å². The van der Waals surface area contributed by atoms with Crippen LogP contribution in [0.2, 0.25) is 4.51 Å². The van der Waals surface area contributed by atoms with Gasteiger partial charge in [0, 0.05) is 11.4 Å². The molecule has 0 radical (unpaired) electrons. The zero-order valence-corrected chi connectivity index (χ0v) is 13.2. The van der Waals surface area contributed by atoms with Crippen LogP contribution in [0.15, 0.2) is 11.6 Å². The Labute approximate surface area is 107 Å². The summed E-state index contributed by atoms with van der Waals surface area (Å²) < 4.78 is 0.642. The molecular weight excluding hydrogens is 256 g/mol. The molecule has 1 aliphatic carbocycles. The number of nitrogens with zero attached hydrogens (tertiary/aromatic N) is 1. The average Bonchev–Trinajstić information content (AvgIpc) is 2.18. The van der Waals surface area contributed by atoms with E-state index in [-0.39, 0.29) is 0 Å². The second-order valence-corrected chi connectivity index (χ2v) is 7.00. The number of rotatable bonds is 0. The summed E-state index contributed by atoms with van der Waals surface area (Å²) in [5.74, 6) is -1.01. The molecule has 0 N–H and O–H groups in total. The summed E-state index contributed by atoms with van der Waals surface area (Å²) in [6.07, 6.45) is 5.76. The van der Waals surface area contributed by atoms with E-state index >= 15 is 0 Å². The van der Waals surface area contributed by atoms with E-state index in [0.717, 1.165) is 12.0 Å². The van der Waals surface area contributed by atoms with E-state index < -0.39 is 11.4 Å². The molecule has 0 aromatic carbocycles. The van der Waals surface area contributed by atoms with Crippen LogP contribution in [0.4, 0.5) is 0 Å². The zero-order valence-electron chi connectivity index (χ0n) is 10.2. The molecular formula is C12H17NO2Zn. The van der Waals surface area contributed by atoms with Gasteiger partial charge in [-0.2, -0.15) is 0 Å². The molecule has 1 aliphatic rings. The molecule has 0 aliphatic heterocycles. The summed E-state index contributed by atoms with van der Waals surface area (Å²) in [7, 11) is 0. The molecule has 84 valence electrons. The number of hydrogen-bond acceptors (Lipinski definition) is 3. The van der Waals surface area contributed by atoms with Crippen LogP contribution in [0.5, 0.6) is 0 Å². The van der Waals surface area contributed by atoms with Crippen LogP contribution in [-0.4, -0.2) is 5.97 Å². The quantitative estimate of drug-likeness (QED) is 0.631. The maximum atomic E-state index is 9.91. The van der Waals surface area contributed by atoms with E-state index in [1.54, 1.807) is 20.8 Å². The Bertz CT molecular complexity index is 310. The van der Waals surface area contributed by atoms with Crippen LogP contribution in [0.3, 0.4) is 0 Å². The molecule has 0 spiro atoms. The van der Waals surface area contributed by atoms with Gasteiger partial charge in [-0.1, -0.05) is 20.8 Å². The van der Waals surface area contributed by atoms with Crippen LogP contribution in [0, 0.1) is 16.7 Å². The predicted octanol–water partition coefficient (Wildman–Crippen LogP) is 1.74. The Kier molecular flexibility index (Phi) is 6.52. The van der Waals surface area contributed by atoms with Gasteiger partial charge in [0.1, 0.15) is 0 Å². The first-order valence-electron chi connectivity index (χ1n) is 5.43. The summed E-state index contributed by atoms with van der Waals surface area (Å²) >= 11 is 1.25. The number of nitriles is 1. The van der Waals surface area contributed by atoms with Crippen molar-refractivity contribution in [2.45, 2.75) is 44.5 Å². The van der Waals surface area contributed by atoms with Crippen LogP contribution in [0.25, 0.3) is 0 Å². The molecule has 3 nitrogen and oxygen atoms in total. The van der Waals surface area contributed by atoms with E-state index in [0.29, 0.717) is 4.51 Å². The second kappa shape index (κ2) is 6.81. The molecule has 0 aromatic rings. The second-order valence-electron chi connectivity index (χ2n) is 4.94. The number of carboxylic acids is 1. The molecule has 0 saturated carbocycles. The molecule has 0 aromatic heterocycles. The number of carbonyl (C=O) groups excluding carboxylic acids is 1. The van der Waals surface area contributed by atoms with Gasteiger partial charge in [0.05, 0.1) is 0 Å². The fraction of sp³-hybridized carbons (Fsp3) is 0.667. The SMILES string of the molecule is CC(C)(C)C(=O)[O-].N#CC1=CCCC[CH]1[Zn+]. The molecule has 0 amide bonds. The molecule has 0 fully saturated rings. The first-order chi connectivity index (χ1) is 7.29. The summed E-state index contributed by atoms with van der Waals surface area (Å²) in [5.41, 5.74) is 0.348. The fourth-order valence-electron chi connectivity index (χ4n) is 1.08. The third kappa shape index (κ3) is 6.03. The Morgan fingerprint density at radius 1 is 1.62 bits per heavy atom. The van der Waals surface area contributed by atoms with Gasteiger partial charge in [-0.3, -0.25) is 0 Å². The van der Waals surface area contributed by atoms with E-state index in [9.17, 15) is 9.90 Å². The number of carbonyl (C=O) groups is 1. The molecule has 1 unspecified atom stereocenters. The predicted molar refractivity (Wildman–Crippen MR) is 55.8 cm³/mol. The van der Waals surface area contributed by atoms with Gasteiger partial charge in [-0.15, -0.1) is 0 Å². The molecule has 1 atom stereocenters. The van der Waals surface area contributed by atoms with Crippen LogP contribution in [0.1, 0.15) is 40.0 Å². The van der Waals surface area contributed by atoms with Crippen LogP contribution in [-0.2, 0) is 23.1 Å². The van der Waals surface area contributed by atoms with Gasteiger partial charge in [-0.05, 0) is 0 Å². The van der Waals surface area contributed by atoms with Crippen LogP contribution >= 0.6 is 0 Å². The van der Waals surface area contributed by atoms with E-state index in [2.05, 4.69) is 12.1 Å². The first kappa shape index (κ1) is 15.3. The first-order valence-corrected chi connectivity index (χ1v) is 7.15. The van der Waals surface area contributed by atoms with Crippen LogP contribution < -0.4 is 5.11 Å². The Balaban J connectivity index is 0.000000293. The summed E-state index contributed by atoms with van der Waals surface area (Å²) in [4.78, 5) is 9.91. The number of allylic oxidation sites excluding steroid dienone is 2. The van der Waals surface area contributed by atoms with E-state index in [1.165, 1.54) is 31.1 Å². The summed E-state index contributed by atoms with van der Waals surface area (Å²) in [6, 6.07) is 2.25.